The van der Waals surface area contributed by atoms with Crippen LogP contribution in [0.5, 0.6) is 11.8 Å². The summed E-state index contributed by atoms with van der Waals surface area (Å²) in [7, 11) is 4.19. The highest BCUT2D eigenvalue weighted by atomic mass is 35.5. The van der Waals surface area contributed by atoms with Crippen LogP contribution in [0.2, 0.25) is 5.02 Å². The Morgan fingerprint density at radius 2 is 1.88 bits per heavy atom. The summed E-state index contributed by atoms with van der Waals surface area (Å²) in [4.78, 5) is 18.3. The van der Waals surface area contributed by atoms with Crippen molar-refractivity contribution in [1.29, 1.82) is 0 Å². The number of hydrogen-bond donors (Lipinski definition) is 2. The molecule has 0 atom stereocenters. The first-order valence-electron chi connectivity index (χ1n) is 11.5. The molecule has 174 valence electrons. The number of nitrogens with one attached hydrogen (secondary N) is 1. The fraction of sp³-hybridized carbons (Fsp3) is 0.609. The third-order valence-electron chi connectivity index (χ3n) is 6.53. The number of nitrogens with zero attached hydrogens (tertiary/aromatic N) is 5. The number of benzene rings is 1. The molecule has 2 aromatic rings. The first-order valence-corrected chi connectivity index (χ1v) is 11.9. The van der Waals surface area contributed by atoms with E-state index in [1.54, 1.807) is 12.1 Å². The first kappa shape index (κ1) is 22.9. The molecule has 2 heterocycles. The summed E-state index contributed by atoms with van der Waals surface area (Å²) in [6.45, 7) is 2.75. The number of ether oxygens (including phenoxy) is 1. The van der Waals surface area contributed by atoms with Gasteiger partial charge >= 0.3 is 6.01 Å². The van der Waals surface area contributed by atoms with E-state index in [2.05, 4.69) is 37.1 Å². The molecule has 2 fully saturated rings. The molecule has 1 saturated heterocycles. The van der Waals surface area contributed by atoms with Gasteiger partial charge in [-0.15, -0.1) is 0 Å². The Morgan fingerprint density at radius 3 is 2.59 bits per heavy atom. The van der Waals surface area contributed by atoms with Gasteiger partial charge in [0.25, 0.3) is 0 Å². The highest BCUT2D eigenvalue weighted by Gasteiger charge is 2.24. The SMILES string of the molecule is CN1CCC(N(C)c2nc(Nc3ccc(O)c(Cl)c3)nc(OCC3CCCCC3)n2)CC1. The van der Waals surface area contributed by atoms with Crippen molar-refractivity contribution in [3.63, 3.8) is 0 Å². The molecule has 1 aliphatic heterocycles. The third-order valence-corrected chi connectivity index (χ3v) is 6.83. The van der Waals surface area contributed by atoms with Crippen LogP contribution in [-0.2, 0) is 0 Å². The highest BCUT2D eigenvalue weighted by Crippen LogP contribution is 2.29. The van der Waals surface area contributed by atoms with Crippen LogP contribution in [0.25, 0.3) is 0 Å². The van der Waals surface area contributed by atoms with Crippen molar-refractivity contribution in [3.05, 3.63) is 23.2 Å². The molecule has 0 amide bonds. The predicted octanol–water partition coefficient (Wildman–Crippen LogP) is 4.46. The van der Waals surface area contributed by atoms with Crippen molar-refractivity contribution in [2.75, 3.05) is 44.0 Å². The number of phenolic OH excluding ortho intramolecular Hbond substituents is 1. The Morgan fingerprint density at radius 1 is 1.12 bits per heavy atom. The molecule has 8 nitrogen and oxygen atoms in total. The molecular weight excluding hydrogens is 428 g/mol. The van der Waals surface area contributed by atoms with Crippen molar-refractivity contribution in [3.8, 4) is 11.8 Å². The van der Waals surface area contributed by atoms with E-state index in [1.165, 1.54) is 38.2 Å². The fourth-order valence-corrected chi connectivity index (χ4v) is 4.61. The van der Waals surface area contributed by atoms with Crippen molar-refractivity contribution >= 4 is 29.2 Å². The van der Waals surface area contributed by atoms with E-state index in [9.17, 15) is 5.11 Å². The van der Waals surface area contributed by atoms with E-state index in [0.29, 0.717) is 42.2 Å². The standard InChI is InChI=1S/C23H33ClN6O2/c1-29-12-10-18(11-13-29)30(2)22-26-21(25-17-8-9-20(31)19(24)14-17)27-23(28-22)32-15-16-6-4-3-5-7-16/h8-9,14,16,18,31H,3-7,10-13,15H2,1-2H3,(H,25,26,27,28). The van der Waals surface area contributed by atoms with E-state index in [1.807, 2.05) is 7.05 Å². The molecule has 32 heavy (non-hydrogen) atoms. The van der Waals surface area contributed by atoms with Gasteiger partial charge in [-0.1, -0.05) is 30.9 Å². The Bertz CT molecular complexity index is 900. The minimum Gasteiger partial charge on any atom is -0.506 e. The summed E-state index contributed by atoms with van der Waals surface area (Å²) in [6, 6.07) is 5.62. The summed E-state index contributed by atoms with van der Waals surface area (Å²) in [5.41, 5.74) is 0.685. The molecule has 0 bridgehead atoms. The normalized spacial score (nSPS) is 18.5. The number of hydrogen-bond acceptors (Lipinski definition) is 8. The molecule has 0 spiro atoms. The predicted molar refractivity (Wildman–Crippen MR) is 127 cm³/mol. The average molecular weight is 461 g/mol. The summed E-state index contributed by atoms with van der Waals surface area (Å²) >= 11 is 6.06. The molecular formula is C23H33ClN6O2. The topological polar surface area (TPSA) is 86.6 Å². The highest BCUT2D eigenvalue weighted by molar-refractivity contribution is 6.32. The quantitative estimate of drug-likeness (QED) is 0.585. The van der Waals surface area contributed by atoms with Crippen molar-refractivity contribution in [1.82, 2.24) is 19.9 Å². The van der Waals surface area contributed by atoms with Crippen LogP contribution in [-0.4, -0.2) is 64.8 Å². The number of halogens is 1. The van der Waals surface area contributed by atoms with Gasteiger partial charge in [-0.3, -0.25) is 0 Å². The van der Waals surface area contributed by atoms with Crippen molar-refractivity contribution < 1.29 is 9.84 Å². The number of aromatic nitrogens is 3. The van der Waals surface area contributed by atoms with E-state index < -0.39 is 0 Å². The zero-order chi connectivity index (χ0) is 22.5. The van der Waals surface area contributed by atoms with Gasteiger partial charge in [0, 0.05) is 18.8 Å². The summed E-state index contributed by atoms with van der Waals surface area (Å²) in [5, 5.41) is 13.1. The maximum atomic E-state index is 9.70. The molecule has 9 heteroatoms. The lowest BCUT2D eigenvalue weighted by Gasteiger charge is -2.35. The Kier molecular flexibility index (Phi) is 7.52. The molecule has 2 aliphatic rings. The van der Waals surface area contributed by atoms with Crippen molar-refractivity contribution in [2.45, 2.75) is 51.0 Å². The van der Waals surface area contributed by atoms with Crippen LogP contribution in [0.3, 0.4) is 0 Å². The van der Waals surface area contributed by atoms with Crippen LogP contribution in [0.4, 0.5) is 17.6 Å². The lowest BCUT2D eigenvalue weighted by Crippen LogP contribution is -2.42. The first-order chi connectivity index (χ1) is 15.5. The van der Waals surface area contributed by atoms with Gasteiger partial charge in [0.15, 0.2) is 0 Å². The van der Waals surface area contributed by atoms with E-state index >= 15 is 0 Å². The number of aromatic hydroxyl groups is 1. The summed E-state index contributed by atoms with van der Waals surface area (Å²) in [5.74, 6) is 1.59. The van der Waals surface area contributed by atoms with Gasteiger partial charge in [-0.25, -0.2) is 0 Å². The minimum atomic E-state index is 0.0343. The fourth-order valence-electron chi connectivity index (χ4n) is 4.43. The van der Waals surface area contributed by atoms with Gasteiger partial charge in [0.2, 0.25) is 11.9 Å². The minimum absolute atomic E-state index is 0.0343. The second kappa shape index (κ2) is 10.5. The molecule has 1 aromatic carbocycles. The largest absolute Gasteiger partial charge is 0.506 e. The smallest absolute Gasteiger partial charge is 0.323 e. The molecule has 2 N–H and O–H groups in total. The number of anilines is 3. The maximum absolute atomic E-state index is 9.70. The van der Waals surface area contributed by atoms with Crippen molar-refractivity contribution in [2.24, 2.45) is 5.92 Å². The van der Waals surface area contributed by atoms with Gasteiger partial charge in [0.1, 0.15) is 5.75 Å². The van der Waals surface area contributed by atoms with E-state index in [4.69, 9.17) is 16.3 Å². The molecule has 4 rings (SSSR count). The maximum Gasteiger partial charge on any atom is 0.323 e. The molecule has 1 aliphatic carbocycles. The monoisotopic (exact) mass is 460 g/mol. The van der Waals surface area contributed by atoms with Crippen LogP contribution >= 0.6 is 11.6 Å². The zero-order valence-electron chi connectivity index (χ0n) is 18.9. The average Bonchev–Trinajstić information content (AvgIpc) is 2.81. The molecule has 1 saturated carbocycles. The van der Waals surface area contributed by atoms with Crippen LogP contribution < -0.4 is 15.0 Å². The second-order valence-corrected chi connectivity index (χ2v) is 9.40. The lowest BCUT2D eigenvalue weighted by atomic mass is 9.90. The summed E-state index contributed by atoms with van der Waals surface area (Å²) < 4.78 is 6.06. The Hall–Kier alpha value is -2.32. The molecule has 0 unspecified atom stereocenters. The number of likely N-dealkylation sites (tertiary alicyclic amines) is 1. The van der Waals surface area contributed by atoms with Gasteiger partial charge < -0.3 is 25.0 Å². The summed E-state index contributed by atoms with van der Waals surface area (Å²) in [6.07, 6.45) is 8.38. The van der Waals surface area contributed by atoms with Gasteiger partial charge in [-0.2, -0.15) is 15.0 Å². The van der Waals surface area contributed by atoms with Crippen LogP contribution in [0.15, 0.2) is 18.2 Å². The molecule has 1 aromatic heterocycles. The lowest BCUT2D eigenvalue weighted by molar-refractivity contribution is 0.196. The Labute approximate surface area is 195 Å². The second-order valence-electron chi connectivity index (χ2n) is 8.99. The van der Waals surface area contributed by atoms with Crippen LogP contribution in [0.1, 0.15) is 44.9 Å². The number of rotatable bonds is 7. The van der Waals surface area contributed by atoms with Gasteiger partial charge in [0.05, 0.1) is 11.6 Å². The number of phenols is 1. The van der Waals surface area contributed by atoms with Crippen LogP contribution in [0, 0.1) is 5.92 Å². The number of piperidine rings is 1. The zero-order valence-corrected chi connectivity index (χ0v) is 19.7. The van der Waals surface area contributed by atoms with E-state index in [0.717, 1.165) is 25.9 Å². The van der Waals surface area contributed by atoms with Gasteiger partial charge in [-0.05, 0) is 69.9 Å². The Balaban J connectivity index is 1.54. The van der Waals surface area contributed by atoms with E-state index in [-0.39, 0.29) is 10.8 Å². The third kappa shape index (κ3) is 5.92. The molecule has 0 radical (unpaired) electrons.